The molecule has 0 aliphatic heterocycles. The number of amides is 1. The van der Waals surface area contributed by atoms with Crippen molar-refractivity contribution in [3.8, 4) is 11.3 Å². The number of hydrogen-bond acceptors (Lipinski definition) is 6. The summed E-state index contributed by atoms with van der Waals surface area (Å²) in [6, 6.07) is 9.75. The van der Waals surface area contributed by atoms with Crippen molar-refractivity contribution >= 4 is 17.7 Å². The molecule has 0 aliphatic carbocycles. The summed E-state index contributed by atoms with van der Waals surface area (Å²) in [5.41, 5.74) is 13.1. The summed E-state index contributed by atoms with van der Waals surface area (Å²) < 4.78 is 0. The van der Waals surface area contributed by atoms with Crippen LogP contribution in [0.4, 0.5) is 11.8 Å². The van der Waals surface area contributed by atoms with Gasteiger partial charge in [0.05, 0.1) is 5.69 Å². The fourth-order valence-electron chi connectivity index (χ4n) is 2.94. The lowest BCUT2D eigenvalue weighted by molar-refractivity contribution is 0.100. The Morgan fingerprint density at radius 2 is 1.73 bits per heavy atom. The summed E-state index contributed by atoms with van der Waals surface area (Å²) in [5.74, 6) is 0.424. The number of nitrogens with one attached hydrogen (secondary N) is 1. The number of carbonyl (C=O) groups is 1. The highest BCUT2D eigenvalue weighted by Crippen LogP contribution is 2.21. The van der Waals surface area contributed by atoms with E-state index >= 15 is 0 Å². The summed E-state index contributed by atoms with van der Waals surface area (Å²) in [5, 5.41) is 3.32. The molecule has 7 heteroatoms. The molecule has 5 N–H and O–H groups in total. The van der Waals surface area contributed by atoms with Gasteiger partial charge in [-0.1, -0.05) is 12.1 Å². The molecule has 1 heterocycles. The Labute approximate surface area is 154 Å². The predicted octanol–water partition coefficient (Wildman–Crippen LogP) is 2.36. The third-order valence-corrected chi connectivity index (χ3v) is 4.21. The molecule has 0 saturated carbocycles. The Balaban J connectivity index is 2.10. The lowest BCUT2D eigenvalue weighted by atomic mass is 10.1. The lowest BCUT2D eigenvalue weighted by Crippen LogP contribution is -2.40. The first-order chi connectivity index (χ1) is 12.3. The molecule has 7 nitrogen and oxygen atoms in total. The van der Waals surface area contributed by atoms with Crippen molar-refractivity contribution < 1.29 is 4.79 Å². The zero-order valence-electron chi connectivity index (χ0n) is 15.9. The molecule has 2 rings (SSSR count). The van der Waals surface area contributed by atoms with E-state index in [0.717, 1.165) is 18.7 Å². The average Bonchev–Trinajstić information content (AvgIpc) is 2.57. The van der Waals surface area contributed by atoms with Gasteiger partial charge in [-0.2, -0.15) is 4.98 Å². The van der Waals surface area contributed by atoms with E-state index in [1.54, 1.807) is 24.3 Å². The van der Waals surface area contributed by atoms with Gasteiger partial charge in [-0.3, -0.25) is 9.69 Å². The van der Waals surface area contributed by atoms with Crippen molar-refractivity contribution in [2.75, 3.05) is 24.1 Å². The number of rotatable bonds is 8. The first-order valence-electron chi connectivity index (χ1n) is 8.82. The summed E-state index contributed by atoms with van der Waals surface area (Å²) >= 11 is 0. The first kappa shape index (κ1) is 19.7. The summed E-state index contributed by atoms with van der Waals surface area (Å²) in [6.45, 7) is 10.4. The van der Waals surface area contributed by atoms with Gasteiger partial charge >= 0.3 is 0 Å². The zero-order valence-corrected chi connectivity index (χ0v) is 15.9. The number of benzene rings is 1. The molecular weight excluding hydrogens is 328 g/mol. The van der Waals surface area contributed by atoms with Crippen LogP contribution < -0.4 is 16.8 Å². The maximum Gasteiger partial charge on any atom is 0.248 e. The molecule has 1 aromatic carbocycles. The standard InChI is InChI=1S/C19H28N6O/c1-12(2)25(13(3)4)10-9-22-17-11-16(23-19(21)24-17)14-5-7-15(8-6-14)18(20)26/h5-8,11-13H,9-10H2,1-4H3,(H2,20,26)(H3,21,22,23,24). The van der Waals surface area contributed by atoms with Crippen LogP contribution in [-0.2, 0) is 0 Å². The molecule has 2 aromatic rings. The second-order valence-electron chi connectivity index (χ2n) is 6.79. The Hall–Kier alpha value is -2.67. The van der Waals surface area contributed by atoms with Crippen molar-refractivity contribution in [2.45, 2.75) is 39.8 Å². The molecule has 0 unspecified atom stereocenters. The van der Waals surface area contributed by atoms with Crippen molar-refractivity contribution in [3.63, 3.8) is 0 Å². The van der Waals surface area contributed by atoms with E-state index in [4.69, 9.17) is 11.5 Å². The number of nitrogens with two attached hydrogens (primary N) is 2. The topological polar surface area (TPSA) is 110 Å². The van der Waals surface area contributed by atoms with E-state index in [0.29, 0.717) is 29.2 Å². The second-order valence-corrected chi connectivity index (χ2v) is 6.79. The van der Waals surface area contributed by atoms with Crippen LogP contribution in [-0.4, -0.2) is 45.9 Å². The smallest absolute Gasteiger partial charge is 0.248 e. The maximum atomic E-state index is 11.2. The third kappa shape index (κ3) is 5.16. The van der Waals surface area contributed by atoms with Crippen LogP contribution in [0.1, 0.15) is 38.1 Å². The molecule has 26 heavy (non-hydrogen) atoms. The molecule has 0 aliphatic rings. The quantitative estimate of drug-likeness (QED) is 0.670. The van der Waals surface area contributed by atoms with Gasteiger partial charge in [0, 0.05) is 42.4 Å². The fourth-order valence-corrected chi connectivity index (χ4v) is 2.94. The first-order valence-corrected chi connectivity index (χ1v) is 8.82. The summed E-state index contributed by atoms with van der Waals surface area (Å²) in [7, 11) is 0. The molecular formula is C19H28N6O. The lowest BCUT2D eigenvalue weighted by Gasteiger charge is -2.30. The number of carbonyl (C=O) groups excluding carboxylic acids is 1. The monoisotopic (exact) mass is 356 g/mol. The van der Waals surface area contributed by atoms with Crippen LogP contribution in [0, 0.1) is 0 Å². The van der Waals surface area contributed by atoms with E-state index < -0.39 is 5.91 Å². The van der Waals surface area contributed by atoms with Gasteiger partial charge in [-0.05, 0) is 39.8 Å². The van der Waals surface area contributed by atoms with Crippen LogP contribution in [0.2, 0.25) is 0 Å². The van der Waals surface area contributed by atoms with Crippen molar-refractivity contribution in [1.29, 1.82) is 0 Å². The molecule has 0 radical (unpaired) electrons. The highest BCUT2D eigenvalue weighted by Gasteiger charge is 2.13. The number of nitrogens with zero attached hydrogens (tertiary/aromatic N) is 3. The highest BCUT2D eigenvalue weighted by atomic mass is 16.1. The van der Waals surface area contributed by atoms with Crippen LogP contribution in [0.3, 0.4) is 0 Å². The maximum absolute atomic E-state index is 11.2. The van der Waals surface area contributed by atoms with E-state index in [1.807, 2.05) is 6.07 Å². The second kappa shape index (κ2) is 8.62. The third-order valence-electron chi connectivity index (χ3n) is 4.21. The Morgan fingerprint density at radius 1 is 1.12 bits per heavy atom. The predicted molar refractivity (Wildman–Crippen MR) is 106 cm³/mol. The Bertz CT molecular complexity index is 734. The Kier molecular flexibility index (Phi) is 6.52. The van der Waals surface area contributed by atoms with Gasteiger partial charge in [0.15, 0.2) is 0 Å². The van der Waals surface area contributed by atoms with Crippen LogP contribution in [0.25, 0.3) is 11.3 Å². The van der Waals surface area contributed by atoms with Crippen molar-refractivity contribution in [1.82, 2.24) is 14.9 Å². The molecule has 0 bridgehead atoms. The van der Waals surface area contributed by atoms with Crippen molar-refractivity contribution in [2.24, 2.45) is 5.73 Å². The van der Waals surface area contributed by atoms with E-state index in [2.05, 4.69) is 47.9 Å². The molecule has 1 aromatic heterocycles. The molecule has 140 valence electrons. The number of primary amides is 1. The van der Waals surface area contributed by atoms with Gasteiger partial charge in [0.2, 0.25) is 11.9 Å². The van der Waals surface area contributed by atoms with Crippen LogP contribution >= 0.6 is 0 Å². The van der Waals surface area contributed by atoms with E-state index in [1.165, 1.54) is 0 Å². The SMILES string of the molecule is CC(C)N(CCNc1cc(-c2ccc(C(N)=O)cc2)nc(N)n1)C(C)C. The number of aromatic nitrogens is 2. The number of hydrogen-bond donors (Lipinski definition) is 3. The Morgan fingerprint density at radius 3 is 2.27 bits per heavy atom. The molecule has 0 saturated heterocycles. The minimum absolute atomic E-state index is 0.202. The summed E-state index contributed by atoms with van der Waals surface area (Å²) in [4.78, 5) is 22.1. The van der Waals surface area contributed by atoms with Crippen LogP contribution in [0.5, 0.6) is 0 Å². The van der Waals surface area contributed by atoms with Gasteiger partial charge < -0.3 is 16.8 Å². The normalized spacial score (nSPS) is 11.3. The fraction of sp³-hybridized carbons (Fsp3) is 0.421. The van der Waals surface area contributed by atoms with Gasteiger partial charge in [-0.15, -0.1) is 0 Å². The number of anilines is 2. The zero-order chi connectivity index (χ0) is 19.3. The van der Waals surface area contributed by atoms with Gasteiger partial charge in [-0.25, -0.2) is 4.98 Å². The van der Waals surface area contributed by atoms with Gasteiger partial charge in [0.25, 0.3) is 0 Å². The highest BCUT2D eigenvalue weighted by molar-refractivity contribution is 5.93. The van der Waals surface area contributed by atoms with E-state index in [9.17, 15) is 4.79 Å². The largest absolute Gasteiger partial charge is 0.369 e. The molecule has 0 fully saturated rings. The molecule has 0 atom stereocenters. The van der Waals surface area contributed by atoms with Crippen molar-refractivity contribution in [3.05, 3.63) is 35.9 Å². The number of nitrogen functional groups attached to an aromatic ring is 1. The molecule has 0 spiro atoms. The van der Waals surface area contributed by atoms with Crippen LogP contribution in [0.15, 0.2) is 30.3 Å². The minimum Gasteiger partial charge on any atom is -0.369 e. The summed E-state index contributed by atoms with van der Waals surface area (Å²) in [6.07, 6.45) is 0. The van der Waals surface area contributed by atoms with E-state index in [-0.39, 0.29) is 5.95 Å². The minimum atomic E-state index is -0.457. The average molecular weight is 356 g/mol. The van der Waals surface area contributed by atoms with Gasteiger partial charge in [0.1, 0.15) is 5.82 Å². The molecule has 1 amide bonds.